The predicted octanol–water partition coefficient (Wildman–Crippen LogP) is 2.47. The Morgan fingerprint density at radius 2 is 2.05 bits per heavy atom. The zero-order valence-electron chi connectivity index (χ0n) is 12.8. The van der Waals surface area contributed by atoms with Crippen molar-refractivity contribution < 1.29 is 9.90 Å². The molecule has 2 unspecified atom stereocenters. The van der Waals surface area contributed by atoms with Gasteiger partial charge in [0.25, 0.3) is 0 Å². The minimum absolute atomic E-state index is 0.148. The number of carbonyl (C=O) groups is 1. The Kier molecular flexibility index (Phi) is 5.62. The van der Waals surface area contributed by atoms with Crippen LogP contribution >= 0.6 is 0 Å². The highest BCUT2D eigenvalue weighted by Crippen LogP contribution is 2.35. The van der Waals surface area contributed by atoms with Crippen molar-refractivity contribution in [3.8, 4) is 0 Å². The lowest BCUT2D eigenvalue weighted by atomic mass is 9.73. The van der Waals surface area contributed by atoms with Gasteiger partial charge in [0.05, 0.1) is 6.10 Å². The van der Waals surface area contributed by atoms with E-state index in [1.807, 2.05) is 18.2 Å². The number of urea groups is 1. The van der Waals surface area contributed by atoms with Crippen molar-refractivity contribution in [1.82, 2.24) is 10.6 Å². The first-order valence-electron chi connectivity index (χ1n) is 7.84. The molecule has 1 saturated carbocycles. The van der Waals surface area contributed by atoms with Crippen molar-refractivity contribution in [2.45, 2.75) is 45.1 Å². The second kappa shape index (κ2) is 7.46. The van der Waals surface area contributed by atoms with Gasteiger partial charge >= 0.3 is 6.03 Å². The molecule has 21 heavy (non-hydrogen) atoms. The molecule has 0 saturated heterocycles. The normalized spacial score (nSPS) is 25.3. The van der Waals surface area contributed by atoms with Crippen LogP contribution in [0.15, 0.2) is 30.3 Å². The highest BCUT2D eigenvalue weighted by atomic mass is 16.3. The van der Waals surface area contributed by atoms with E-state index in [0.717, 1.165) is 32.1 Å². The fraction of sp³-hybridized carbons (Fsp3) is 0.588. The molecule has 1 fully saturated rings. The summed E-state index contributed by atoms with van der Waals surface area (Å²) in [5.74, 6) is 0. The van der Waals surface area contributed by atoms with E-state index in [-0.39, 0.29) is 17.6 Å². The molecule has 1 aliphatic carbocycles. The lowest BCUT2D eigenvalue weighted by Gasteiger charge is -2.38. The van der Waals surface area contributed by atoms with Gasteiger partial charge in [0.2, 0.25) is 0 Å². The molecule has 2 rings (SSSR count). The number of rotatable bonds is 5. The van der Waals surface area contributed by atoms with E-state index in [4.69, 9.17) is 0 Å². The standard InChI is InChI=1S/C17H26N2O2/c1-17(11-6-5-9-15(17)20)13-19-16(21)18-12-10-14-7-3-2-4-8-14/h2-4,7-8,15,20H,5-6,9-13H2,1H3,(H2,18,19,21). The van der Waals surface area contributed by atoms with Gasteiger partial charge in [-0.3, -0.25) is 0 Å². The second-order valence-electron chi connectivity index (χ2n) is 6.26. The number of aliphatic hydroxyl groups excluding tert-OH is 1. The topological polar surface area (TPSA) is 61.4 Å². The van der Waals surface area contributed by atoms with Gasteiger partial charge in [0, 0.05) is 18.5 Å². The molecule has 0 spiro atoms. The van der Waals surface area contributed by atoms with E-state index in [2.05, 4.69) is 29.7 Å². The zero-order chi connectivity index (χ0) is 15.1. The van der Waals surface area contributed by atoms with Crippen LogP contribution in [-0.4, -0.2) is 30.3 Å². The molecular formula is C17H26N2O2. The Morgan fingerprint density at radius 3 is 2.76 bits per heavy atom. The van der Waals surface area contributed by atoms with E-state index < -0.39 is 0 Å². The van der Waals surface area contributed by atoms with E-state index in [9.17, 15) is 9.90 Å². The number of carbonyl (C=O) groups excluding carboxylic acids is 1. The van der Waals surface area contributed by atoms with Gasteiger partial charge in [-0.15, -0.1) is 0 Å². The number of hydrogen-bond acceptors (Lipinski definition) is 2. The predicted molar refractivity (Wildman–Crippen MR) is 84.1 cm³/mol. The van der Waals surface area contributed by atoms with Gasteiger partial charge in [0.15, 0.2) is 0 Å². The van der Waals surface area contributed by atoms with Crippen molar-refractivity contribution in [2.75, 3.05) is 13.1 Å². The van der Waals surface area contributed by atoms with E-state index in [1.54, 1.807) is 0 Å². The van der Waals surface area contributed by atoms with Gasteiger partial charge in [0.1, 0.15) is 0 Å². The van der Waals surface area contributed by atoms with Crippen molar-refractivity contribution in [1.29, 1.82) is 0 Å². The third kappa shape index (κ3) is 4.74. The Balaban J connectivity index is 1.67. The number of nitrogens with one attached hydrogen (secondary N) is 2. The maximum Gasteiger partial charge on any atom is 0.314 e. The highest BCUT2D eigenvalue weighted by molar-refractivity contribution is 5.73. The number of benzene rings is 1. The van der Waals surface area contributed by atoms with Crippen molar-refractivity contribution in [2.24, 2.45) is 5.41 Å². The summed E-state index contributed by atoms with van der Waals surface area (Å²) in [7, 11) is 0. The van der Waals surface area contributed by atoms with Gasteiger partial charge in [-0.05, 0) is 24.8 Å². The average Bonchev–Trinajstić information content (AvgIpc) is 2.50. The molecule has 116 valence electrons. The van der Waals surface area contributed by atoms with Crippen LogP contribution in [0.5, 0.6) is 0 Å². The Hall–Kier alpha value is -1.55. The molecule has 0 heterocycles. The molecule has 0 aliphatic heterocycles. The number of aliphatic hydroxyl groups is 1. The smallest absolute Gasteiger partial charge is 0.314 e. The molecule has 1 aromatic carbocycles. The van der Waals surface area contributed by atoms with Crippen LogP contribution in [0, 0.1) is 5.41 Å². The summed E-state index contributed by atoms with van der Waals surface area (Å²) in [4.78, 5) is 11.8. The number of hydrogen-bond donors (Lipinski definition) is 3. The maximum atomic E-state index is 11.8. The third-order valence-corrected chi connectivity index (χ3v) is 4.47. The summed E-state index contributed by atoms with van der Waals surface area (Å²) in [6.45, 7) is 3.21. The minimum atomic E-state index is -0.309. The minimum Gasteiger partial charge on any atom is -0.392 e. The first kappa shape index (κ1) is 15.8. The number of amides is 2. The fourth-order valence-corrected chi connectivity index (χ4v) is 2.90. The van der Waals surface area contributed by atoms with E-state index >= 15 is 0 Å². The van der Waals surface area contributed by atoms with Crippen LogP contribution < -0.4 is 10.6 Å². The van der Waals surface area contributed by atoms with Gasteiger partial charge in [-0.25, -0.2) is 4.79 Å². The van der Waals surface area contributed by atoms with Crippen molar-refractivity contribution >= 4 is 6.03 Å². The fourth-order valence-electron chi connectivity index (χ4n) is 2.90. The molecular weight excluding hydrogens is 264 g/mol. The quantitative estimate of drug-likeness (QED) is 0.780. The molecule has 4 nitrogen and oxygen atoms in total. The molecule has 1 aromatic rings. The van der Waals surface area contributed by atoms with Crippen LogP contribution in [0.25, 0.3) is 0 Å². The molecule has 1 aliphatic rings. The van der Waals surface area contributed by atoms with Crippen molar-refractivity contribution in [3.05, 3.63) is 35.9 Å². The lowest BCUT2D eigenvalue weighted by molar-refractivity contribution is 0.00310. The first-order chi connectivity index (χ1) is 10.1. The Bertz CT molecular complexity index is 449. The summed E-state index contributed by atoms with van der Waals surface area (Å²) in [5.41, 5.74) is 1.03. The monoisotopic (exact) mass is 290 g/mol. The van der Waals surface area contributed by atoms with Crippen LogP contribution in [-0.2, 0) is 6.42 Å². The molecule has 0 radical (unpaired) electrons. The largest absolute Gasteiger partial charge is 0.392 e. The molecule has 4 heteroatoms. The summed E-state index contributed by atoms with van der Waals surface area (Å²) >= 11 is 0. The zero-order valence-corrected chi connectivity index (χ0v) is 12.8. The summed E-state index contributed by atoms with van der Waals surface area (Å²) in [5, 5.41) is 15.9. The summed E-state index contributed by atoms with van der Waals surface area (Å²) < 4.78 is 0. The van der Waals surface area contributed by atoms with E-state index in [1.165, 1.54) is 5.56 Å². The van der Waals surface area contributed by atoms with Gasteiger partial charge in [-0.2, -0.15) is 0 Å². The Morgan fingerprint density at radius 1 is 1.29 bits per heavy atom. The molecule has 0 aromatic heterocycles. The van der Waals surface area contributed by atoms with Crippen molar-refractivity contribution in [3.63, 3.8) is 0 Å². The Labute approximate surface area is 126 Å². The summed E-state index contributed by atoms with van der Waals surface area (Å²) in [6, 6.07) is 9.95. The van der Waals surface area contributed by atoms with Crippen LogP contribution in [0.4, 0.5) is 4.79 Å². The maximum absolute atomic E-state index is 11.8. The second-order valence-corrected chi connectivity index (χ2v) is 6.26. The highest BCUT2D eigenvalue weighted by Gasteiger charge is 2.35. The van der Waals surface area contributed by atoms with Crippen LogP contribution in [0.2, 0.25) is 0 Å². The molecule has 3 N–H and O–H groups in total. The van der Waals surface area contributed by atoms with Crippen LogP contribution in [0.3, 0.4) is 0 Å². The molecule has 2 atom stereocenters. The third-order valence-electron chi connectivity index (χ3n) is 4.47. The average molecular weight is 290 g/mol. The molecule has 2 amide bonds. The molecule has 0 bridgehead atoms. The first-order valence-corrected chi connectivity index (χ1v) is 7.84. The van der Waals surface area contributed by atoms with Gasteiger partial charge < -0.3 is 15.7 Å². The van der Waals surface area contributed by atoms with Crippen LogP contribution in [0.1, 0.15) is 38.2 Å². The SMILES string of the molecule is CC1(CNC(=O)NCCc2ccccc2)CCCCC1O. The van der Waals surface area contributed by atoms with E-state index in [0.29, 0.717) is 13.1 Å². The van der Waals surface area contributed by atoms with Gasteiger partial charge in [-0.1, -0.05) is 50.1 Å². The summed E-state index contributed by atoms with van der Waals surface area (Å²) in [6.07, 6.45) is 4.54. The lowest BCUT2D eigenvalue weighted by Crippen LogP contribution is -2.47.